The van der Waals surface area contributed by atoms with Gasteiger partial charge in [0.15, 0.2) is 0 Å². The Hall–Kier alpha value is -1.49. The molecule has 0 aliphatic heterocycles. The Kier molecular flexibility index (Phi) is 6.28. The van der Waals surface area contributed by atoms with E-state index in [1.807, 2.05) is 30.3 Å². The van der Waals surface area contributed by atoms with Gasteiger partial charge in [-0.1, -0.05) is 30.3 Å². The fraction of sp³-hybridized carbons (Fsp3) is 0.385. The molecular formula is C13H17NO3S. The van der Waals surface area contributed by atoms with Crippen LogP contribution >= 0.6 is 0 Å². The molecule has 1 rings (SSSR count). The molecule has 0 aliphatic carbocycles. The number of Topliss-reactive ketones (excluding diaryl/α,β-unsaturated/α-hetero) is 1. The molecular weight excluding hydrogens is 250 g/mol. The standard InChI is InChI=1S/C13H17NO3S/c1-2-14-13(16)10-18(17)9-12(15)8-11-6-4-3-5-7-11/h3-7H,2,8-10H2,1H3,(H,14,16). The van der Waals surface area contributed by atoms with Crippen LogP contribution in [0.5, 0.6) is 0 Å². The highest BCUT2D eigenvalue weighted by Crippen LogP contribution is 2.01. The molecule has 0 spiro atoms. The van der Waals surface area contributed by atoms with Crippen LogP contribution in [0.2, 0.25) is 0 Å². The van der Waals surface area contributed by atoms with Gasteiger partial charge in [0.1, 0.15) is 11.5 Å². The quantitative estimate of drug-likeness (QED) is 0.790. The highest BCUT2D eigenvalue weighted by molar-refractivity contribution is 7.86. The summed E-state index contributed by atoms with van der Waals surface area (Å²) in [5.41, 5.74) is 0.900. The summed E-state index contributed by atoms with van der Waals surface area (Å²) in [6.45, 7) is 2.30. The first-order valence-electron chi connectivity index (χ1n) is 5.79. The zero-order valence-electron chi connectivity index (χ0n) is 10.3. The molecule has 0 radical (unpaired) electrons. The van der Waals surface area contributed by atoms with Crippen LogP contribution in [0, 0.1) is 0 Å². The molecule has 1 aromatic carbocycles. The molecule has 1 N–H and O–H groups in total. The Balaban J connectivity index is 2.36. The first-order valence-corrected chi connectivity index (χ1v) is 7.28. The number of hydrogen-bond acceptors (Lipinski definition) is 3. The number of rotatable bonds is 7. The number of hydrogen-bond donors (Lipinski definition) is 1. The molecule has 0 fully saturated rings. The molecule has 0 bridgehead atoms. The van der Waals surface area contributed by atoms with Crippen LogP contribution in [0.15, 0.2) is 30.3 Å². The lowest BCUT2D eigenvalue weighted by atomic mass is 10.1. The minimum atomic E-state index is -1.42. The highest BCUT2D eigenvalue weighted by Gasteiger charge is 2.12. The SMILES string of the molecule is CCNC(=O)CS(=O)CC(=O)Cc1ccccc1. The molecule has 1 aromatic rings. The zero-order valence-corrected chi connectivity index (χ0v) is 11.2. The van der Waals surface area contributed by atoms with Gasteiger partial charge >= 0.3 is 0 Å². The number of nitrogens with one attached hydrogen (secondary N) is 1. The van der Waals surface area contributed by atoms with Crippen molar-refractivity contribution in [2.24, 2.45) is 0 Å². The van der Waals surface area contributed by atoms with Gasteiger partial charge in [0.25, 0.3) is 0 Å². The van der Waals surface area contributed by atoms with Gasteiger partial charge < -0.3 is 5.32 Å². The highest BCUT2D eigenvalue weighted by atomic mass is 32.2. The summed E-state index contributed by atoms with van der Waals surface area (Å²) in [6.07, 6.45) is 0.266. The largest absolute Gasteiger partial charge is 0.356 e. The van der Waals surface area contributed by atoms with Crippen molar-refractivity contribution in [1.29, 1.82) is 0 Å². The van der Waals surface area contributed by atoms with Gasteiger partial charge in [0.05, 0.1) is 5.75 Å². The van der Waals surface area contributed by atoms with Crippen LogP contribution < -0.4 is 5.32 Å². The molecule has 1 atom stereocenters. The molecule has 0 saturated carbocycles. The van der Waals surface area contributed by atoms with Crippen molar-refractivity contribution < 1.29 is 13.8 Å². The lowest BCUT2D eigenvalue weighted by Crippen LogP contribution is -2.29. The maximum atomic E-state index is 11.6. The first-order chi connectivity index (χ1) is 8.61. The maximum Gasteiger partial charge on any atom is 0.232 e. The van der Waals surface area contributed by atoms with Crippen LogP contribution in [0.25, 0.3) is 0 Å². The molecule has 1 amide bonds. The summed E-state index contributed by atoms with van der Waals surface area (Å²) in [6, 6.07) is 9.29. The van der Waals surface area contributed by atoms with E-state index in [4.69, 9.17) is 0 Å². The molecule has 0 heterocycles. The second-order valence-corrected chi connectivity index (χ2v) is 5.34. The summed E-state index contributed by atoms with van der Waals surface area (Å²) < 4.78 is 11.6. The van der Waals surface area contributed by atoms with E-state index in [-0.39, 0.29) is 29.6 Å². The Morgan fingerprint density at radius 2 is 1.83 bits per heavy atom. The molecule has 5 heteroatoms. The fourth-order valence-electron chi connectivity index (χ4n) is 1.50. The van der Waals surface area contributed by atoms with E-state index in [1.54, 1.807) is 6.92 Å². The third kappa shape index (κ3) is 5.72. The van der Waals surface area contributed by atoms with Crippen LogP contribution in [0.1, 0.15) is 12.5 Å². The minimum absolute atomic E-state index is 0.0635. The van der Waals surface area contributed by atoms with Gasteiger partial charge in [0.2, 0.25) is 5.91 Å². The second-order valence-electron chi connectivity index (χ2n) is 3.88. The third-order valence-corrected chi connectivity index (χ3v) is 3.46. The van der Waals surface area contributed by atoms with E-state index in [2.05, 4.69) is 5.32 Å². The summed E-state index contributed by atoms with van der Waals surface area (Å²) in [4.78, 5) is 22.8. The van der Waals surface area contributed by atoms with Crippen molar-refractivity contribution in [3.63, 3.8) is 0 Å². The van der Waals surface area contributed by atoms with E-state index >= 15 is 0 Å². The van der Waals surface area contributed by atoms with Gasteiger partial charge in [-0.25, -0.2) is 0 Å². The monoisotopic (exact) mass is 267 g/mol. The molecule has 98 valence electrons. The minimum Gasteiger partial charge on any atom is -0.356 e. The Bertz CT molecular complexity index is 431. The van der Waals surface area contributed by atoms with Crippen molar-refractivity contribution in [2.75, 3.05) is 18.1 Å². The van der Waals surface area contributed by atoms with Crippen molar-refractivity contribution in [1.82, 2.24) is 5.32 Å². The van der Waals surface area contributed by atoms with Crippen LogP contribution in [0.4, 0.5) is 0 Å². The number of carbonyl (C=O) groups excluding carboxylic acids is 2. The van der Waals surface area contributed by atoms with Crippen LogP contribution in [-0.2, 0) is 26.8 Å². The predicted molar refractivity (Wildman–Crippen MR) is 71.7 cm³/mol. The van der Waals surface area contributed by atoms with Gasteiger partial charge in [-0.3, -0.25) is 13.8 Å². The molecule has 1 unspecified atom stereocenters. The smallest absolute Gasteiger partial charge is 0.232 e. The normalized spacial score (nSPS) is 11.8. The Morgan fingerprint density at radius 3 is 2.44 bits per heavy atom. The second kappa shape index (κ2) is 7.76. The van der Waals surface area contributed by atoms with Crippen molar-refractivity contribution in [3.05, 3.63) is 35.9 Å². The van der Waals surface area contributed by atoms with Gasteiger partial charge in [0, 0.05) is 23.8 Å². The Labute approximate surface area is 109 Å². The predicted octanol–water partition coefficient (Wildman–Crippen LogP) is 0.683. The summed E-state index contributed by atoms with van der Waals surface area (Å²) in [5.74, 6) is -0.549. The van der Waals surface area contributed by atoms with E-state index < -0.39 is 10.8 Å². The molecule has 0 aromatic heterocycles. The fourth-order valence-corrected chi connectivity index (χ4v) is 2.46. The first kappa shape index (κ1) is 14.6. The summed E-state index contributed by atoms with van der Waals surface area (Å²) >= 11 is 0. The van der Waals surface area contributed by atoms with Gasteiger partial charge in [-0.15, -0.1) is 0 Å². The van der Waals surface area contributed by atoms with Crippen LogP contribution in [0.3, 0.4) is 0 Å². The molecule has 0 saturated heterocycles. The average molecular weight is 267 g/mol. The van der Waals surface area contributed by atoms with Crippen molar-refractivity contribution >= 4 is 22.5 Å². The van der Waals surface area contributed by atoms with Crippen molar-refractivity contribution in [2.45, 2.75) is 13.3 Å². The topological polar surface area (TPSA) is 63.2 Å². The lowest BCUT2D eigenvalue weighted by molar-refractivity contribution is -0.118. The molecule has 18 heavy (non-hydrogen) atoms. The summed E-state index contributed by atoms with van der Waals surface area (Å²) in [5, 5.41) is 2.56. The molecule has 0 aliphatic rings. The Morgan fingerprint density at radius 1 is 1.17 bits per heavy atom. The van der Waals surface area contributed by atoms with E-state index in [1.165, 1.54) is 0 Å². The number of benzene rings is 1. The number of ketones is 1. The number of carbonyl (C=O) groups is 2. The van der Waals surface area contributed by atoms with E-state index in [0.717, 1.165) is 5.56 Å². The number of amides is 1. The van der Waals surface area contributed by atoms with E-state index in [9.17, 15) is 13.8 Å². The van der Waals surface area contributed by atoms with Crippen molar-refractivity contribution in [3.8, 4) is 0 Å². The van der Waals surface area contributed by atoms with Crippen LogP contribution in [-0.4, -0.2) is 33.9 Å². The molecule has 4 nitrogen and oxygen atoms in total. The summed E-state index contributed by atoms with van der Waals surface area (Å²) in [7, 11) is -1.42. The van der Waals surface area contributed by atoms with Gasteiger partial charge in [-0.2, -0.15) is 0 Å². The zero-order chi connectivity index (χ0) is 13.4. The third-order valence-electron chi connectivity index (χ3n) is 2.23. The lowest BCUT2D eigenvalue weighted by Gasteiger charge is -2.03. The maximum absolute atomic E-state index is 11.6. The average Bonchev–Trinajstić information content (AvgIpc) is 2.29. The van der Waals surface area contributed by atoms with E-state index in [0.29, 0.717) is 6.54 Å². The van der Waals surface area contributed by atoms with Gasteiger partial charge in [-0.05, 0) is 12.5 Å².